The van der Waals surface area contributed by atoms with Crippen LogP contribution in [0.1, 0.15) is 41.8 Å². The van der Waals surface area contributed by atoms with Crippen LogP contribution in [0.15, 0.2) is 41.8 Å². The third kappa shape index (κ3) is 4.34. The van der Waals surface area contributed by atoms with E-state index in [0.29, 0.717) is 16.3 Å². The van der Waals surface area contributed by atoms with Gasteiger partial charge in [-0.15, -0.1) is 11.3 Å². The Kier molecular flexibility index (Phi) is 5.94. The Balaban J connectivity index is 1.47. The highest BCUT2D eigenvalue weighted by Crippen LogP contribution is 2.34. The van der Waals surface area contributed by atoms with E-state index in [1.165, 1.54) is 11.3 Å². The zero-order valence-electron chi connectivity index (χ0n) is 16.2. The molecule has 2 amide bonds. The molecule has 0 aliphatic carbocycles. The number of hydrogen-bond acceptors (Lipinski definition) is 5. The molecule has 0 N–H and O–H groups in total. The van der Waals surface area contributed by atoms with Crippen LogP contribution in [-0.2, 0) is 9.59 Å². The number of ether oxygens (including phenoxy) is 1. The van der Waals surface area contributed by atoms with E-state index in [2.05, 4.69) is 0 Å². The van der Waals surface area contributed by atoms with Crippen LogP contribution in [0, 0.1) is 0 Å². The molecule has 4 rings (SSSR count). The highest BCUT2D eigenvalue weighted by molar-refractivity contribution is 7.12. The summed E-state index contributed by atoms with van der Waals surface area (Å²) in [6.07, 6.45) is 2.70. The van der Waals surface area contributed by atoms with Gasteiger partial charge in [0.2, 0.25) is 5.91 Å². The minimum Gasteiger partial charge on any atom is -0.476 e. The Bertz CT molecular complexity index is 890. The van der Waals surface area contributed by atoms with E-state index in [9.17, 15) is 14.4 Å². The van der Waals surface area contributed by atoms with E-state index in [1.54, 1.807) is 17.0 Å². The van der Waals surface area contributed by atoms with E-state index in [4.69, 9.17) is 4.74 Å². The van der Waals surface area contributed by atoms with E-state index in [-0.39, 0.29) is 37.0 Å². The zero-order valence-corrected chi connectivity index (χ0v) is 17.0. The summed E-state index contributed by atoms with van der Waals surface area (Å²) in [7, 11) is 0. The van der Waals surface area contributed by atoms with Gasteiger partial charge in [-0.2, -0.15) is 0 Å². The summed E-state index contributed by atoms with van der Waals surface area (Å²) in [6, 6.07) is 10.9. The largest absolute Gasteiger partial charge is 0.476 e. The Morgan fingerprint density at radius 3 is 2.55 bits per heavy atom. The molecule has 152 valence electrons. The number of hydrogen-bond donors (Lipinski definition) is 0. The molecular weight excluding hydrogens is 388 g/mol. The molecule has 2 aliphatic heterocycles. The number of amides is 2. The van der Waals surface area contributed by atoms with Crippen LogP contribution in [0.4, 0.5) is 5.69 Å². The van der Waals surface area contributed by atoms with Crippen LogP contribution >= 0.6 is 11.3 Å². The van der Waals surface area contributed by atoms with Crippen molar-refractivity contribution in [2.24, 2.45) is 0 Å². The van der Waals surface area contributed by atoms with Gasteiger partial charge in [0.05, 0.1) is 17.1 Å². The molecule has 0 saturated carbocycles. The van der Waals surface area contributed by atoms with Crippen LogP contribution in [0.25, 0.3) is 0 Å². The number of thiophene rings is 1. The maximum Gasteiger partial charge on any atom is 0.265 e. The van der Waals surface area contributed by atoms with Gasteiger partial charge >= 0.3 is 0 Å². The van der Waals surface area contributed by atoms with Crippen molar-refractivity contribution in [2.45, 2.75) is 38.2 Å². The van der Waals surface area contributed by atoms with Gasteiger partial charge in [-0.3, -0.25) is 14.4 Å². The van der Waals surface area contributed by atoms with Crippen LogP contribution in [0.5, 0.6) is 5.75 Å². The van der Waals surface area contributed by atoms with Crippen LogP contribution in [-0.4, -0.2) is 48.2 Å². The molecule has 1 saturated heterocycles. The van der Waals surface area contributed by atoms with Gasteiger partial charge in [-0.25, -0.2) is 0 Å². The lowest BCUT2D eigenvalue weighted by molar-refractivity contribution is -0.139. The third-order valence-electron chi connectivity index (χ3n) is 5.38. The van der Waals surface area contributed by atoms with Crippen molar-refractivity contribution in [3.05, 3.63) is 46.7 Å². The molecule has 0 bridgehead atoms. The molecule has 1 aromatic carbocycles. The van der Waals surface area contributed by atoms with Crippen molar-refractivity contribution in [1.82, 2.24) is 4.90 Å². The molecule has 2 aromatic rings. The first-order valence-corrected chi connectivity index (χ1v) is 10.9. The lowest BCUT2D eigenvalue weighted by atomic mass is 10.1. The molecule has 2 aliphatic rings. The van der Waals surface area contributed by atoms with E-state index < -0.39 is 6.10 Å². The number of nitrogens with zero attached hydrogens (tertiary/aromatic N) is 2. The fraction of sp³-hybridized carbons (Fsp3) is 0.409. The van der Waals surface area contributed by atoms with Crippen molar-refractivity contribution in [3.63, 3.8) is 0 Å². The van der Waals surface area contributed by atoms with Crippen molar-refractivity contribution in [1.29, 1.82) is 0 Å². The number of carbonyl (C=O) groups is 3. The Morgan fingerprint density at radius 1 is 1.00 bits per heavy atom. The summed E-state index contributed by atoms with van der Waals surface area (Å²) in [6.45, 7) is 1.66. The fourth-order valence-electron chi connectivity index (χ4n) is 3.83. The Morgan fingerprint density at radius 2 is 1.79 bits per heavy atom. The minimum atomic E-state index is -0.708. The maximum atomic E-state index is 13.0. The van der Waals surface area contributed by atoms with Crippen LogP contribution < -0.4 is 9.64 Å². The first kappa shape index (κ1) is 19.6. The lowest BCUT2D eigenvalue weighted by Gasteiger charge is -2.37. The first-order chi connectivity index (χ1) is 14.1. The number of fused-ring (bicyclic) bond motifs is 1. The van der Waals surface area contributed by atoms with Crippen LogP contribution in [0.2, 0.25) is 0 Å². The summed E-state index contributed by atoms with van der Waals surface area (Å²) >= 11 is 1.38. The van der Waals surface area contributed by atoms with Gasteiger partial charge in [0.1, 0.15) is 5.75 Å². The topological polar surface area (TPSA) is 66.9 Å². The van der Waals surface area contributed by atoms with E-state index >= 15 is 0 Å². The molecule has 0 unspecified atom stereocenters. The molecular formula is C22H24N2O4S. The number of carbonyl (C=O) groups excluding carboxylic acids is 3. The molecule has 7 heteroatoms. The van der Waals surface area contributed by atoms with Gasteiger partial charge in [0.15, 0.2) is 11.9 Å². The fourth-order valence-corrected chi connectivity index (χ4v) is 4.53. The van der Waals surface area contributed by atoms with Crippen molar-refractivity contribution >= 4 is 34.6 Å². The van der Waals surface area contributed by atoms with Crippen molar-refractivity contribution in [2.75, 3.05) is 24.5 Å². The number of benzene rings is 1. The molecule has 6 nitrogen and oxygen atoms in total. The average Bonchev–Trinajstić information content (AvgIpc) is 3.31. The standard InChI is InChI=1S/C22H24N2O4S/c25-17(20-9-6-14-29-20)10-11-21(26)24-15-19(22(27)23-12-4-1-5-13-23)28-18-8-3-2-7-16(18)24/h2-3,6-9,14,19H,1,4-5,10-13,15H2/t19-/m0/s1. The molecule has 1 fully saturated rings. The van der Waals surface area contributed by atoms with Crippen molar-refractivity contribution in [3.8, 4) is 5.75 Å². The number of Topliss-reactive ketones (excluding diaryl/α,β-unsaturated/α-hetero) is 1. The van der Waals surface area contributed by atoms with E-state index in [1.807, 2.05) is 34.5 Å². The molecule has 0 radical (unpaired) electrons. The highest BCUT2D eigenvalue weighted by Gasteiger charge is 2.36. The summed E-state index contributed by atoms with van der Waals surface area (Å²) in [4.78, 5) is 42.3. The third-order valence-corrected chi connectivity index (χ3v) is 6.29. The smallest absolute Gasteiger partial charge is 0.265 e. The molecule has 1 aromatic heterocycles. The quantitative estimate of drug-likeness (QED) is 0.705. The number of anilines is 1. The number of ketones is 1. The maximum absolute atomic E-state index is 13.0. The Hall–Kier alpha value is -2.67. The second kappa shape index (κ2) is 8.78. The second-order valence-corrected chi connectivity index (χ2v) is 8.31. The number of likely N-dealkylation sites (tertiary alicyclic amines) is 1. The molecule has 0 spiro atoms. The van der Waals surface area contributed by atoms with Gasteiger partial charge in [0, 0.05) is 25.9 Å². The van der Waals surface area contributed by atoms with Crippen molar-refractivity contribution < 1.29 is 19.1 Å². The summed E-state index contributed by atoms with van der Waals surface area (Å²) in [5.74, 6) is 0.275. The zero-order chi connectivity index (χ0) is 20.2. The Labute approximate surface area is 174 Å². The monoisotopic (exact) mass is 412 g/mol. The SMILES string of the molecule is O=C(CCC(=O)N1C[C@@H](C(=O)N2CCCCC2)Oc2ccccc21)c1cccs1. The number of para-hydroxylation sites is 2. The van der Waals surface area contributed by atoms with Gasteiger partial charge < -0.3 is 14.5 Å². The van der Waals surface area contributed by atoms with E-state index in [0.717, 1.165) is 32.4 Å². The van der Waals surface area contributed by atoms with Gasteiger partial charge in [-0.05, 0) is 42.8 Å². The summed E-state index contributed by atoms with van der Waals surface area (Å²) in [5.41, 5.74) is 0.656. The predicted octanol–water partition coefficient (Wildman–Crippen LogP) is 3.52. The normalized spacial score (nSPS) is 18.7. The lowest BCUT2D eigenvalue weighted by Crippen LogP contribution is -2.52. The first-order valence-electron chi connectivity index (χ1n) is 10.0. The minimum absolute atomic E-state index is 0.0316. The number of piperidine rings is 1. The van der Waals surface area contributed by atoms with Gasteiger partial charge in [0.25, 0.3) is 5.91 Å². The summed E-state index contributed by atoms with van der Waals surface area (Å²) < 4.78 is 5.96. The molecule has 1 atom stereocenters. The molecule has 3 heterocycles. The number of rotatable bonds is 5. The predicted molar refractivity (Wildman–Crippen MR) is 112 cm³/mol. The highest BCUT2D eigenvalue weighted by atomic mass is 32.1. The molecule has 29 heavy (non-hydrogen) atoms. The summed E-state index contributed by atoms with van der Waals surface area (Å²) in [5, 5.41) is 1.85. The average molecular weight is 413 g/mol. The van der Waals surface area contributed by atoms with Crippen LogP contribution in [0.3, 0.4) is 0 Å². The van der Waals surface area contributed by atoms with Gasteiger partial charge in [-0.1, -0.05) is 18.2 Å². The second-order valence-electron chi connectivity index (χ2n) is 7.36.